The van der Waals surface area contributed by atoms with Crippen LogP contribution in [0.25, 0.3) is 0 Å². The largest absolute Gasteiger partial charge is 0.480 e. The third kappa shape index (κ3) is 11.9. The number of hydrogen-bond acceptors (Lipinski definition) is 5. The number of benzene rings is 1. The SMILES string of the molecule is NC1CCCCC1.NCC(N)C(=O)O.O=Cc1cccc(Br)c1. The maximum Gasteiger partial charge on any atom is 0.321 e. The maximum atomic E-state index is 10.1. The number of carboxylic acid groups (broad SMARTS) is 1. The Morgan fingerprint density at radius 3 is 2.22 bits per heavy atom. The fourth-order valence-electron chi connectivity index (χ4n) is 1.81. The van der Waals surface area contributed by atoms with Gasteiger partial charge in [0.05, 0.1) is 0 Å². The maximum absolute atomic E-state index is 10.1. The van der Waals surface area contributed by atoms with Crippen molar-refractivity contribution in [1.82, 2.24) is 0 Å². The Kier molecular flexibility index (Phi) is 12.5. The van der Waals surface area contributed by atoms with E-state index < -0.39 is 12.0 Å². The molecule has 1 saturated carbocycles. The number of carboxylic acids is 1. The molecule has 0 aliphatic heterocycles. The van der Waals surface area contributed by atoms with E-state index >= 15 is 0 Å². The molecule has 1 atom stereocenters. The highest BCUT2D eigenvalue weighted by Crippen LogP contribution is 2.14. The van der Waals surface area contributed by atoms with Crippen LogP contribution in [0, 0.1) is 0 Å². The Hall–Kier alpha value is -1.28. The zero-order valence-electron chi connectivity index (χ0n) is 13.2. The first-order valence-corrected chi connectivity index (χ1v) is 8.34. The van der Waals surface area contributed by atoms with Crippen molar-refractivity contribution in [2.45, 2.75) is 44.2 Å². The Labute approximate surface area is 145 Å². The molecule has 7 N–H and O–H groups in total. The summed E-state index contributed by atoms with van der Waals surface area (Å²) in [5.74, 6) is -1.05. The lowest BCUT2D eigenvalue weighted by Gasteiger charge is -2.15. The highest BCUT2D eigenvalue weighted by atomic mass is 79.9. The number of hydrogen-bond donors (Lipinski definition) is 4. The lowest BCUT2D eigenvalue weighted by Crippen LogP contribution is -2.37. The van der Waals surface area contributed by atoms with Gasteiger partial charge in [0.25, 0.3) is 0 Å². The van der Waals surface area contributed by atoms with Gasteiger partial charge in [0.2, 0.25) is 0 Å². The van der Waals surface area contributed by atoms with Gasteiger partial charge in [-0.25, -0.2) is 0 Å². The van der Waals surface area contributed by atoms with E-state index in [9.17, 15) is 9.59 Å². The lowest BCUT2D eigenvalue weighted by atomic mass is 9.97. The zero-order chi connectivity index (χ0) is 17.7. The van der Waals surface area contributed by atoms with E-state index in [4.69, 9.17) is 22.3 Å². The quantitative estimate of drug-likeness (QED) is 0.585. The summed E-state index contributed by atoms with van der Waals surface area (Å²) < 4.78 is 0.937. The van der Waals surface area contributed by atoms with E-state index in [0.717, 1.165) is 10.8 Å². The minimum absolute atomic E-state index is 0.00463. The molecule has 0 bridgehead atoms. The average Bonchev–Trinajstić information content (AvgIpc) is 2.55. The van der Waals surface area contributed by atoms with Crippen LogP contribution in [-0.2, 0) is 4.79 Å². The van der Waals surface area contributed by atoms with Gasteiger partial charge in [-0.05, 0) is 25.0 Å². The second-order valence-electron chi connectivity index (χ2n) is 5.25. The van der Waals surface area contributed by atoms with Gasteiger partial charge >= 0.3 is 5.97 Å². The Morgan fingerprint density at radius 1 is 1.35 bits per heavy atom. The summed E-state index contributed by atoms with van der Waals surface area (Å²) in [6, 6.07) is 6.87. The van der Waals surface area contributed by atoms with E-state index in [1.165, 1.54) is 32.1 Å². The minimum Gasteiger partial charge on any atom is -0.480 e. The van der Waals surface area contributed by atoms with Crippen LogP contribution >= 0.6 is 15.9 Å². The number of rotatable bonds is 3. The van der Waals surface area contributed by atoms with Crippen molar-refractivity contribution >= 4 is 28.2 Å². The van der Waals surface area contributed by atoms with Crippen LogP contribution in [0.5, 0.6) is 0 Å². The van der Waals surface area contributed by atoms with Crippen molar-refractivity contribution in [3.05, 3.63) is 34.3 Å². The molecule has 2 rings (SSSR count). The predicted octanol–water partition coefficient (Wildman–Crippen LogP) is 1.90. The molecule has 0 radical (unpaired) electrons. The molecule has 1 fully saturated rings. The van der Waals surface area contributed by atoms with Crippen LogP contribution in [-0.4, -0.2) is 36.0 Å². The van der Waals surface area contributed by atoms with Crippen molar-refractivity contribution in [3.63, 3.8) is 0 Å². The average molecular weight is 388 g/mol. The van der Waals surface area contributed by atoms with Gasteiger partial charge < -0.3 is 22.3 Å². The van der Waals surface area contributed by atoms with Crippen LogP contribution in [0.2, 0.25) is 0 Å². The van der Waals surface area contributed by atoms with Gasteiger partial charge in [-0.2, -0.15) is 0 Å². The molecule has 1 aliphatic rings. The molecule has 0 amide bonds. The van der Waals surface area contributed by atoms with Crippen molar-refractivity contribution in [2.24, 2.45) is 17.2 Å². The van der Waals surface area contributed by atoms with Gasteiger partial charge in [-0.1, -0.05) is 47.3 Å². The summed E-state index contributed by atoms with van der Waals surface area (Å²) in [6.45, 7) is -0.00463. The summed E-state index contributed by atoms with van der Waals surface area (Å²) in [6.07, 6.45) is 7.49. The molecular weight excluding hydrogens is 362 g/mol. The molecule has 7 heteroatoms. The molecule has 1 unspecified atom stereocenters. The minimum atomic E-state index is -1.05. The van der Waals surface area contributed by atoms with Gasteiger partial charge in [0, 0.05) is 22.6 Å². The molecule has 6 nitrogen and oxygen atoms in total. The lowest BCUT2D eigenvalue weighted by molar-refractivity contribution is -0.138. The van der Waals surface area contributed by atoms with E-state index in [1.54, 1.807) is 12.1 Å². The van der Waals surface area contributed by atoms with E-state index in [1.807, 2.05) is 12.1 Å². The van der Waals surface area contributed by atoms with Crippen LogP contribution in [0.3, 0.4) is 0 Å². The zero-order valence-corrected chi connectivity index (χ0v) is 14.7. The van der Waals surface area contributed by atoms with E-state index in [2.05, 4.69) is 15.9 Å². The molecule has 0 saturated heterocycles. The Morgan fingerprint density at radius 2 is 1.96 bits per heavy atom. The number of aldehydes is 1. The number of carbonyl (C=O) groups excluding carboxylic acids is 1. The third-order valence-electron chi connectivity index (χ3n) is 3.21. The fourth-order valence-corrected chi connectivity index (χ4v) is 2.23. The van der Waals surface area contributed by atoms with E-state index in [0.29, 0.717) is 11.6 Å². The molecule has 23 heavy (non-hydrogen) atoms. The number of aliphatic carboxylic acids is 1. The van der Waals surface area contributed by atoms with Gasteiger partial charge in [0.15, 0.2) is 0 Å². The highest BCUT2D eigenvalue weighted by Gasteiger charge is 2.06. The molecule has 1 aliphatic carbocycles. The second kappa shape index (κ2) is 13.2. The highest BCUT2D eigenvalue weighted by molar-refractivity contribution is 9.10. The van der Waals surface area contributed by atoms with Gasteiger partial charge in [0.1, 0.15) is 12.3 Å². The monoisotopic (exact) mass is 387 g/mol. The number of carbonyl (C=O) groups is 2. The van der Waals surface area contributed by atoms with Crippen molar-refractivity contribution in [3.8, 4) is 0 Å². The third-order valence-corrected chi connectivity index (χ3v) is 3.70. The summed E-state index contributed by atoms with van der Waals surface area (Å²) in [4.78, 5) is 19.9. The normalized spacial score (nSPS) is 15.3. The van der Waals surface area contributed by atoms with Crippen molar-refractivity contribution in [2.75, 3.05) is 6.54 Å². The molecule has 130 valence electrons. The molecule has 1 aromatic rings. The van der Waals surface area contributed by atoms with Gasteiger partial charge in [-0.15, -0.1) is 0 Å². The summed E-state index contributed by atoms with van der Waals surface area (Å²) in [7, 11) is 0. The Balaban J connectivity index is 0.000000320. The Bertz CT molecular complexity index is 466. The topological polar surface area (TPSA) is 132 Å². The standard InChI is InChI=1S/C7H5BrO.C6H13N.C3H8N2O2/c8-7-3-1-2-6(4-7)5-9;7-6-4-2-1-3-5-6;4-1-2(5)3(6)7/h1-5H;6H,1-5,7H2;2H,1,4-5H2,(H,6,7). The second-order valence-corrected chi connectivity index (χ2v) is 6.17. The van der Waals surface area contributed by atoms with Crippen LogP contribution in [0.1, 0.15) is 42.5 Å². The van der Waals surface area contributed by atoms with Crippen molar-refractivity contribution in [1.29, 1.82) is 0 Å². The van der Waals surface area contributed by atoms with Gasteiger partial charge in [-0.3, -0.25) is 9.59 Å². The molecule has 0 spiro atoms. The smallest absolute Gasteiger partial charge is 0.321 e. The fraction of sp³-hybridized carbons (Fsp3) is 0.500. The first-order chi connectivity index (χ1) is 10.9. The number of nitrogens with two attached hydrogens (primary N) is 3. The summed E-state index contributed by atoms with van der Waals surface area (Å²) in [5.41, 5.74) is 16.1. The van der Waals surface area contributed by atoms with Crippen LogP contribution in [0.15, 0.2) is 28.7 Å². The predicted molar refractivity (Wildman–Crippen MR) is 95.3 cm³/mol. The molecule has 1 aromatic carbocycles. The van der Waals surface area contributed by atoms with E-state index in [-0.39, 0.29) is 6.54 Å². The number of halogens is 1. The van der Waals surface area contributed by atoms with Crippen LogP contribution in [0.4, 0.5) is 0 Å². The molecular formula is C16H26BrN3O3. The van der Waals surface area contributed by atoms with Crippen LogP contribution < -0.4 is 17.2 Å². The van der Waals surface area contributed by atoms with Crippen molar-refractivity contribution < 1.29 is 14.7 Å². The summed E-state index contributed by atoms with van der Waals surface area (Å²) in [5, 5.41) is 7.98. The first kappa shape index (κ1) is 21.7. The molecule has 0 heterocycles. The summed E-state index contributed by atoms with van der Waals surface area (Å²) >= 11 is 3.24. The first-order valence-electron chi connectivity index (χ1n) is 7.55. The molecule has 0 aromatic heterocycles.